The molecule has 3 aliphatic heterocycles. The largest absolute Gasteiger partial charge is 0.497 e. The lowest BCUT2D eigenvalue weighted by atomic mass is 9.93. The van der Waals surface area contributed by atoms with Crippen molar-refractivity contribution in [3.05, 3.63) is 82.7 Å². The highest BCUT2D eigenvalue weighted by Gasteiger charge is 2.63. The number of nitrogens with one attached hydrogen (secondary N) is 3. The number of carbonyl (C=O) groups is 5. The zero-order valence-corrected chi connectivity index (χ0v) is 33.2. The molecule has 3 aromatic rings. The van der Waals surface area contributed by atoms with E-state index in [1.165, 1.54) is 16.2 Å². The Hall–Kier alpha value is -5.09. The van der Waals surface area contributed by atoms with E-state index in [9.17, 15) is 32.4 Å². The van der Waals surface area contributed by atoms with Crippen LogP contribution in [0, 0.1) is 17.8 Å². The first-order valence-corrected chi connectivity index (χ1v) is 22.0. The molecule has 0 bridgehead atoms. The van der Waals surface area contributed by atoms with Crippen LogP contribution in [0.1, 0.15) is 71.5 Å². The number of rotatable bonds is 8. The van der Waals surface area contributed by atoms with Crippen molar-refractivity contribution in [2.45, 2.75) is 74.2 Å². The summed E-state index contributed by atoms with van der Waals surface area (Å²) in [6.45, 7) is 0.575. The number of benzene rings is 2. The number of thiazole rings is 1. The molecule has 16 heteroatoms. The van der Waals surface area contributed by atoms with E-state index in [2.05, 4.69) is 20.3 Å². The third-order valence-corrected chi connectivity index (χ3v) is 14.6. The Balaban J connectivity index is 1.07. The summed E-state index contributed by atoms with van der Waals surface area (Å²) in [7, 11) is -2.32. The average Bonchev–Trinajstić information content (AvgIpc) is 4.03. The van der Waals surface area contributed by atoms with Crippen LogP contribution in [-0.2, 0) is 24.4 Å². The minimum Gasteiger partial charge on any atom is -0.497 e. The van der Waals surface area contributed by atoms with Crippen molar-refractivity contribution in [1.29, 1.82) is 0 Å². The Bertz CT molecular complexity index is 2190. The van der Waals surface area contributed by atoms with Gasteiger partial charge >= 0.3 is 0 Å². The number of hydrogen-bond donors (Lipinski definition) is 3. The quantitative estimate of drug-likeness (QED) is 0.287. The van der Waals surface area contributed by atoms with E-state index in [0.29, 0.717) is 54.1 Å². The number of aromatic nitrogens is 1. The first kappa shape index (κ1) is 38.8. The number of sulfonamides is 1. The number of methoxy groups -OCH3 is 1. The molecule has 3 N–H and O–H groups in total. The van der Waals surface area contributed by atoms with Gasteiger partial charge in [-0.1, -0.05) is 43.2 Å². The van der Waals surface area contributed by atoms with Gasteiger partial charge in [0.25, 0.3) is 17.7 Å². The topological polar surface area (TPSA) is 184 Å². The Morgan fingerprint density at radius 2 is 1.74 bits per heavy atom. The molecule has 2 saturated heterocycles. The lowest BCUT2D eigenvalue weighted by Gasteiger charge is -2.33. The molecule has 57 heavy (non-hydrogen) atoms. The van der Waals surface area contributed by atoms with Gasteiger partial charge in [0, 0.05) is 53.9 Å². The molecule has 2 aromatic carbocycles. The van der Waals surface area contributed by atoms with Gasteiger partial charge in [0.15, 0.2) is 5.01 Å². The number of amides is 5. The molecule has 0 unspecified atom stereocenters. The van der Waals surface area contributed by atoms with Crippen LogP contribution in [0.15, 0.2) is 72.1 Å². The zero-order chi connectivity index (χ0) is 39.9. The van der Waals surface area contributed by atoms with Gasteiger partial charge in [0.05, 0.1) is 18.1 Å². The minimum absolute atomic E-state index is 0.149. The lowest BCUT2D eigenvalue weighted by Crippen LogP contribution is -2.60. The van der Waals surface area contributed by atoms with Crippen LogP contribution < -0.4 is 20.1 Å². The molecule has 1 aromatic heterocycles. The van der Waals surface area contributed by atoms with Gasteiger partial charge in [-0.05, 0) is 74.9 Å². The molecular formula is C41H46N6O8S2. The van der Waals surface area contributed by atoms with E-state index >= 15 is 0 Å². The van der Waals surface area contributed by atoms with E-state index in [4.69, 9.17) is 4.74 Å². The number of likely N-dealkylation sites (tertiary alicyclic amines) is 1. The second-order valence-corrected chi connectivity index (χ2v) is 18.6. The fourth-order valence-electron chi connectivity index (χ4n) is 8.47. The van der Waals surface area contributed by atoms with Gasteiger partial charge in [-0.2, -0.15) is 0 Å². The molecule has 2 saturated carbocycles. The van der Waals surface area contributed by atoms with Crippen molar-refractivity contribution in [3.8, 4) is 17.0 Å². The molecule has 14 nitrogen and oxygen atoms in total. The number of carbonyl (C=O) groups excluding carboxylic acids is 5. The van der Waals surface area contributed by atoms with Crippen molar-refractivity contribution in [2.24, 2.45) is 17.8 Å². The molecular weight excluding hydrogens is 769 g/mol. The molecule has 2 aliphatic carbocycles. The van der Waals surface area contributed by atoms with Crippen LogP contribution in [-0.4, -0.2) is 102 Å². The standard InChI is InChI=1S/C41H46N6O8S2/c1-55-29-16-14-25(15-17-29)33-24-56-37(43-33)39(51)46-21-27-22-47-34(31(27)23-46)36(49)44-41(40(52)45-57(53,54)30-18-19-30)20-28(41)12-8-3-2-4-9-13-32(38(47)50)42-35(48)26-10-6-5-7-11-26/h5-8,10-12,14-17,24,27-28,30-32,34H,2-4,9,13,18-23H2,1H3,(H,42,48)(H,44,49)(H,45,52)/b12-8-/t27-,28+,31-,32+,34-,41-/m0/s1. The molecule has 4 heterocycles. The molecule has 300 valence electrons. The summed E-state index contributed by atoms with van der Waals surface area (Å²) in [5.74, 6) is -3.01. The van der Waals surface area contributed by atoms with Gasteiger partial charge in [-0.25, -0.2) is 13.4 Å². The summed E-state index contributed by atoms with van der Waals surface area (Å²) in [6, 6.07) is 14.0. The fourth-order valence-corrected chi connectivity index (χ4v) is 10.6. The molecule has 4 fully saturated rings. The molecule has 0 radical (unpaired) electrons. The van der Waals surface area contributed by atoms with E-state index in [1.54, 1.807) is 42.3 Å². The second kappa shape index (κ2) is 15.7. The number of hydrogen-bond acceptors (Lipinski definition) is 10. The van der Waals surface area contributed by atoms with Gasteiger partial charge in [-0.15, -0.1) is 11.3 Å². The van der Waals surface area contributed by atoms with Crippen LogP contribution in [0.3, 0.4) is 0 Å². The van der Waals surface area contributed by atoms with Crippen molar-refractivity contribution in [1.82, 2.24) is 30.1 Å². The van der Waals surface area contributed by atoms with Gasteiger partial charge < -0.3 is 25.2 Å². The van der Waals surface area contributed by atoms with Crippen molar-refractivity contribution in [2.75, 3.05) is 26.7 Å². The third kappa shape index (κ3) is 7.93. The lowest BCUT2D eigenvalue weighted by molar-refractivity contribution is -0.142. The minimum atomic E-state index is -3.91. The summed E-state index contributed by atoms with van der Waals surface area (Å²) in [5, 5.41) is 7.36. The summed E-state index contributed by atoms with van der Waals surface area (Å²) in [6.07, 6.45) is 8.26. The summed E-state index contributed by atoms with van der Waals surface area (Å²) < 4.78 is 33.3. The maximum atomic E-state index is 14.7. The van der Waals surface area contributed by atoms with Crippen molar-refractivity contribution in [3.63, 3.8) is 0 Å². The van der Waals surface area contributed by atoms with Gasteiger partial charge in [0.1, 0.15) is 23.4 Å². The predicted molar refractivity (Wildman–Crippen MR) is 211 cm³/mol. The SMILES string of the molecule is COc1ccc(-c2csc(C(=O)N3C[C@H]4CN5C(=O)[C@H](NC(=O)c6ccccc6)CCCCC/C=C\[C@@H]6C[C@]6(C(=O)NS(=O)(=O)C6CC6)NC(=O)[C@@H]5[C@H]4C3)n2)cc1. The van der Waals surface area contributed by atoms with Crippen LogP contribution in [0.2, 0.25) is 0 Å². The predicted octanol–water partition coefficient (Wildman–Crippen LogP) is 3.52. The smallest absolute Gasteiger partial charge is 0.282 e. The number of ether oxygens (including phenoxy) is 1. The highest BCUT2D eigenvalue weighted by atomic mass is 32.2. The van der Waals surface area contributed by atoms with Crippen LogP contribution in [0.25, 0.3) is 11.3 Å². The van der Waals surface area contributed by atoms with E-state index in [-0.39, 0.29) is 37.9 Å². The number of fused-ring (bicyclic) bond motifs is 4. The molecule has 8 rings (SSSR count). The first-order valence-electron chi connectivity index (χ1n) is 19.6. The summed E-state index contributed by atoms with van der Waals surface area (Å²) >= 11 is 1.23. The van der Waals surface area contributed by atoms with Crippen LogP contribution in [0.5, 0.6) is 5.75 Å². The Morgan fingerprint density at radius 3 is 2.47 bits per heavy atom. The van der Waals surface area contributed by atoms with Crippen LogP contribution >= 0.6 is 11.3 Å². The summed E-state index contributed by atoms with van der Waals surface area (Å²) in [4.78, 5) is 78.4. The summed E-state index contributed by atoms with van der Waals surface area (Å²) in [5.41, 5.74) is 0.360. The van der Waals surface area contributed by atoms with Crippen molar-refractivity contribution >= 4 is 50.9 Å². The second-order valence-electron chi connectivity index (χ2n) is 15.7. The molecule has 0 spiro atoms. The van der Waals surface area contributed by atoms with E-state index in [1.807, 2.05) is 41.8 Å². The molecule has 5 amide bonds. The third-order valence-electron chi connectivity index (χ3n) is 11.9. The molecule has 5 aliphatic rings. The highest BCUT2D eigenvalue weighted by Crippen LogP contribution is 2.47. The normalized spacial score (nSPS) is 28.1. The Kier molecular flexibility index (Phi) is 10.7. The number of allylic oxidation sites excluding steroid dienone is 1. The highest BCUT2D eigenvalue weighted by molar-refractivity contribution is 7.91. The average molecular weight is 815 g/mol. The van der Waals surface area contributed by atoms with Gasteiger partial charge in [0.2, 0.25) is 21.8 Å². The monoisotopic (exact) mass is 814 g/mol. The molecule has 6 atom stereocenters. The van der Waals surface area contributed by atoms with E-state index in [0.717, 1.165) is 18.4 Å². The Morgan fingerprint density at radius 1 is 0.965 bits per heavy atom. The fraction of sp³-hybridized carbons (Fsp3) is 0.463. The Labute approximate surface area is 335 Å². The van der Waals surface area contributed by atoms with Crippen molar-refractivity contribution < 1.29 is 37.1 Å². The number of nitrogens with zero attached hydrogens (tertiary/aromatic N) is 3. The van der Waals surface area contributed by atoms with E-state index < -0.39 is 68.4 Å². The zero-order valence-electron chi connectivity index (χ0n) is 31.6. The maximum Gasteiger partial charge on any atom is 0.282 e. The van der Waals surface area contributed by atoms with Crippen LogP contribution in [0.4, 0.5) is 0 Å². The maximum absolute atomic E-state index is 14.7. The first-order chi connectivity index (χ1) is 27.5. The van der Waals surface area contributed by atoms with Gasteiger partial charge in [-0.3, -0.25) is 28.7 Å².